The van der Waals surface area contributed by atoms with Gasteiger partial charge in [-0.3, -0.25) is 0 Å². The van der Waals surface area contributed by atoms with Gasteiger partial charge in [0.05, 0.1) is 46.8 Å². The molecule has 0 aliphatic heterocycles. The Bertz CT molecular complexity index is 1980. The third-order valence-corrected chi connectivity index (χ3v) is 5.17. The van der Waals surface area contributed by atoms with E-state index in [4.69, 9.17) is 32.5 Å². The summed E-state index contributed by atoms with van der Waals surface area (Å²) < 4.78 is 101. The summed E-state index contributed by atoms with van der Waals surface area (Å²) in [6, 6.07) is 2.74. The molecule has 0 N–H and O–H groups in total. The molecule has 0 radical (unpaired) electrons. The van der Waals surface area contributed by atoms with E-state index in [0.717, 1.165) is 0 Å². The predicted molar refractivity (Wildman–Crippen MR) is 107 cm³/mol. The monoisotopic (exact) mass is 494 g/mol. The zero-order valence-electron chi connectivity index (χ0n) is 16.8. The molecule has 14 heteroatoms. The van der Waals surface area contributed by atoms with Crippen molar-refractivity contribution in [2.75, 3.05) is 0 Å². The van der Waals surface area contributed by atoms with Crippen LogP contribution >= 0.6 is 0 Å². The Labute approximate surface area is 192 Å². The van der Waals surface area contributed by atoms with Crippen molar-refractivity contribution in [2.24, 2.45) is 0 Å². The Kier molecular flexibility index (Phi) is 4.60. The van der Waals surface area contributed by atoms with Crippen LogP contribution in [-0.2, 0) is 0 Å². The lowest BCUT2D eigenvalue weighted by Gasteiger charge is -2.10. The number of oxazole rings is 2. The Morgan fingerprint density at radius 2 is 0.972 bits per heavy atom. The summed E-state index contributed by atoms with van der Waals surface area (Å²) in [6.45, 7) is 13.8. The van der Waals surface area contributed by atoms with Crippen LogP contribution in [0.5, 0.6) is 0 Å². The van der Waals surface area contributed by atoms with Crippen molar-refractivity contribution in [3.05, 3.63) is 68.8 Å². The van der Waals surface area contributed by atoms with Crippen LogP contribution in [0.3, 0.4) is 0 Å². The van der Waals surface area contributed by atoms with E-state index in [-0.39, 0.29) is 0 Å². The topological polar surface area (TPSA) is 108 Å². The molecule has 0 amide bonds. The number of aromatic nitrogens is 2. The van der Waals surface area contributed by atoms with E-state index < -0.39 is 101 Å². The molecule has 172 valence electrons. The van der Waals surface area contributed by atoms with Crippen molar-refractivity contribution in [3.63, 3.8) is 0 Å². The zero-order valence-corrected chi connectivity index (χ0v) is 16.8. The SMILES string of the molecule is [C-]#[N+]/C(C#N)=c1/nc2c(F)c(F)c3c(F)c4c(c(F)c(F)c5n/c(=C(/C#N)[N+]#[C-])oc54)c(F)c3c2o1. The minimum absolute atomic E-state index is 0.835. The number of halogens is 6. The van der Waals surface area contributed by atoms with Crippen LogP contribution < -0.4 is 11.1 Å². The van der Waals surface area contributed by atoms with E-state index in [9.17, 15) is 17.6 Å². The fourth-order valence-corrected chi connectivity index (χ4v) is 3.68. The number of nitriles is 2. The number of hydrogen-bond acceptors (Lipinski definition) is 6. The van der Waals surface area contributed by atoms with Gasteiger partial charge in [-0.1, -0.05) is 0 Å². The highest BCUT2D eigenvalue weighted by Crippen LogP contribution is 2.41. The normalized spacial score (nSPS) is 12.9. The second-order valence-corrected chi connectivity index (χ2v) is 6.92. The van der Waals surface area contributed by atoms with E-state index in [1.54, 1.807) is 0 Å². The summed E-state index contributed by atoms with van der Waals surface area (Å²) in [7, 11) is 0. The van der Waals surface area contributed by atoms with E-state index in [2.05, 4.69) is 19.7 Å². The van der Waals surface area contributed by atoms with Crippen LogP contribution in [0.15, 0.2) is 8.83 Å². The quantitative estimate of drug-likeness (QED) is 0.181. The largest absolute Gasteiger partial charge is 0.445 e. The first-order valence-corrected chi connectivity index (χ1v) is 9.19. The maximum atomic E-state index is 15.7. The number of nitrogens with zero attached hydrogens (tertiary/aromatic N) is 6. The number of hydrogen-bond donors (Lipinski definition) is 0. The summed E-state index contributed by atoms with van der Waals surface area (Å²) in [5.41, 5.74) is -7.43. The molecule has 36 heavy (non-hydrogen) atoms. The fraction of sp³-hybridized carbons (Fsp3) is 0. The van der Waals surface area contributed by atoms with Crippen molar-refractivity contribution in [3.8, 4) is 12.1 Å². The van der Waals surface area contributed by atoms with Crippen molar-refractivity contribution in [2.45, 2.75) is 0 Å². The van der Waals surface area contributed by atoms with Crippen molar-refractivity contribution < 1.29 is 35.2 Å². The minimum Gasteiger partial charge on any atom is -0.445 e. The average molecular weight is 494 g/mol. The molecule has 0 spiro atoms. The summed E-state index contributed by atoms with van der Waals surface area (Å²) in [5, 5.41) is 12.7. The van der Waals surface area contributed by atoms with Crippen LogP contribution in [0.1, 0.15) is 0 Å². The molecule has 0 bridgehead atoms. The minimum atomic E-state index is -2.00. The lowest BCUT2D eigenvalue weighted by molar-refractivity contribution is 0.511. The molecule has 0 saturated carbocycles. The highest BCUT2D eigenvalue weighted by atomic mass is 19.2. The van der Waals surface area contributed by atoms with E-state index >= 15 is 8.78 Å². The molecular formula is C22F6N6O2. The van der Waals surface area contributed by atoms with Gasteiger partial charge in [-0.15, -0.1) is 0 Å². The second-order valence-electron chi connectivity index (χ2n) is 6.92. The van der Waals surface area contributed by atoms with E-state index in [1.165, 1.54) is 12.1 Å². The van der Waals surface area contributed by atoms with Crippen molar-refractivity contribution >= 4 is 55.1 Å². The van der Waals surface area contributed by atoms with Gasteiger partial charge in [-0.25, -0.2) is 56.5 Å². The molecule has 2 aromatic heterocycles. The molecule has 0 aliphatic rings. The molecule has 0 unspecified atom stereocenters. The molecule has 5 rings (SSSR count). The highest BCUT2D eigenvalue weighted by Gasteiger charge is 2.32. The molecule has 3 aromatic carbocycles. The van der Waals surface area contributed by atoms with Crippen LogP contribution in [0.2, 0.25) is 0 Å². The molecule has 8 nitrogen and oxygen atoms in total. The predicted octanol–water partition coefficient (Wildman–Crippen LogP) is 4.21. The molecular weight excluding hydrogens is 494 g/mol. The zero-order chi connectivity index (χ0) is 26.0. The number of fused-ring (bicyclic) bond motifs is 6. The highest BCUT2D eigenvalue weighted by molar-refractivity contribution is 6.15. The Hall–Kier alpha value is -5.60. The molecule has 5 aromatic rings. The van der Waals surface area contributed by atoms with Gasteiger partial charge in [-0.05, 0) is 0 Å². The summed E-state index contributed by atoms with van der Waals surface area (Å²) in [5.74, 6) is -11.3. The molecule has 2 heterocycles. The standard InChI is InChI=1S/C22F6N6O2/c1-31-5(3-29)21-33-17-15(27)13(25)7-9(19(17)35-21)11(23)8-10(12(7)24)20-18(16(28)14(8)26)34-22(36-20)6(4-30)32-2/b21-5-,22-6+. The van der Waals surface area contributed by atoms with Gasteiger partial charge in [0.15, 0.2) is 34.4 Å². The molecule has 0 atom stereocenters. The lowest BCUT2D eigenvalue weighted by Crippen LogP contribution is -2.03. The molecule has 0 fully saturated rings. The average Bonchev–Trinajstić information content (AvgIpc) is 3.49. The fourth-order valence-electron chi connectivity index (χ4n) is 3.68. The van der Waals surface area contributed by atoms with E-state index in [1.807, 2.05) is 0 Å². The van der Waals surface area contributed by atoms with Crippen LogP contribution in [0, 0.1) is 70.7 Å². The third-order valence-electron chi connectivity index (χ3n) is 5.17. The molecule has 0 saturated heterocycles. The van der Waals surface area contributed by atoms with Gasteiger partial charge in [0, 0.05) is 0 Å². The third kappa shape index (κ3) is 2.61. The van der Waals surface area contributed by atoms with Gasteiger partial charge in [0.25, 0.3) is 0 Å². The van der Waals surface area contributed by atoms with Gasteiger partial charge < -0.3 is 8.83 Å². The maximum absolute atomic E-state index is 15.7. The summed E-state index contributed by atoms with van der Waals surface area (Å²) in [6.07, 6.45) is 0. The second kappa shape index (κ2) is 7.45. The first-order valence-electron chi connectivity index (χ1n) is 9.19. The smallest absolute Gasteiger partial charge is 0.322 e. The Morgan fingerprint density at radius 1 is 0.611 bits per heavy atom. The summed E-state index contributed by atoms with van der Waals surface area (Å²) in [4.78, 5) is 12.4. The maximum Gasteiger partial charge on any atom is 0.322 e. The first kappa shape index (κ1) is 22.2. The van der Waals surface area contributed by atoms with Crippen LogP contribution in [0.4, 0.5) is 26.3 Å². The number of benzene rings is 3. The van der Waals surface area contributed by atoms with Crippen LogP contribution in [-0.4, -0.2) is 9.97 Å². The van der Waals surface area contributed by atoms with Crippen LogP contribution in [0.25, 0.3) is 64.8 Å². The summed E-state index contributed by atoms with van der Waals surface area (Å²) >= 11 is 0. The van der Waals surface area contributed by atoms with Gasteiger partial charge in [0.2, 0.25) is 11.1 Å². The lowest BCUT2D eigenvalue weighted by atomic mass is 9.99. The number of rotatable bonds is 0. The Morgan fingerprint density at radius 3 is 1.28 bits per heavy atom. The van der Waals surface area contributed by atoms with Gasteiger partial charge >= 0.3 is 11.4 Å². The van der Waals surface area contributed by atoms with Crippen molar-refractivity contribution in [1.29, 1.82) is 10.5 Å². The van der Waals surface area contributed by atoms with Gasteiger partial charge in [-0.2, -0.15) is 0 Å². The van der Waals surface area contributed by atoms with Gasteiger partial charge in [0.1, 0.15) is 22.7 Å². The Balaban J connectivity index is 2.16. The molecule has 0 aliphatic carbocycles. The van der Waals surface area contributed by atoms with E-state index in [0.29, 0.717) is 0 Å². The first-order chi connectivity index (χ1) is 17.2. The van der Waals surface area contributed by atoms with Crippen molar-refractivity contribution in [1.82, 2.24) is 9.97 Å².